The highest BCUT2D eigenvalue weighted by Crippen LogP contribution is 2.17. The van der Waals surface area contributed by atoms with E-state index in [0.29, 0.717) is 5.56 Å². The molecule has 0 radical (unpaired) electrons. The number of aromatic nitrogens is 1. The maximum atomic E-state index is 10.8. The topological polar surface area (TPSA) is 42.2 Å². The summed E-state index contributed by atoms with van der Waals surface area (Å²) in [5.41, 5.74) is 1.39. The van der Waals surface area contributed by atoms with Crippen LogP contribution >= 0.6 is 0 Å². The predicted molar refractivity (Wildman–Crippen MR) is 63.7 cm³/mol. The van der Waals surface area contributed by atoms with Crippen LogP contribution in [0.4, 0.5) is 0 Å². The van der Waals surface area contributed by atoms with E-state index in [9.17, 15) is 4.79 Å². The van der Waals surface area contributed by atoms with E-state index in [1.807, 2.05) is 31.3 Å². The Balaban J connectivity index is 2.46. The molecule has 1 heterocycles. The van der Waals surface area contributed by atoms with Crippen LogP contribution < -0.4 is 0 Å². The lowest BCUT2D eigenvalue weighted by Crippen LogP contribution is -1.96. The molecule has 3 heteroatoms. The first kappa shape index (κ1) is 10.5. The summed E-state index contributed by atoms with van der Waals surface area (Å²) in [6.07, 6.45) is 6.03. The largest absolute Gasteiger partial charge is 0.478 e. The van der Waals surface area contributed by atoms with Gasteiger partial charge in [-0.15, -0.1) is 0 Å². The number of nitrogens with zero attached hydrogens (tertiary/aromatic N) is 1. The molecule has 1 aromatic heterocycles. The highest BCUT2D eigenvalue weighted by atomic mass is 16.4. The fraction of sp³-hybridized carbons (Fsp3) is 0.154. The Hall–Kier alpha value is -2.03. The van der Waals surface area contributed by atoms with E-state index in [2.05, 4.69) is 10.6 Å². The number of carboxylic acids is 1. The monoisotopic (exact) mass is 215 g/mol. The van der Waals surface area contributed by atoms with E-state index in [1.165, 1.54) is 0 Å². The van der Waals surface area contributed by atoms with Gasteiger partial charge in [-0.1, -0.05) is 12.2 Å². The van der Waals surface area contributed by atoms with Gasteiger partial charge in [0.05, 0.1) is 5.56 Å². The zero-order valence-electron chi connectivity index (χ0n) is 9.05. The van der Waals surface area contributed by atoms with Gasteiger partial charge in [0.2, 0.25) is 0 Å². The lowest BCUT2D eigenvalue weighted by molar-refractivity contribution is 0.0697. The van der Waals surface area contributed by atoms with E-state index in [0.717, 1.165) is 17.4 Å². The molecule has 2 rings (SSSR count). The molecule has 0 aliphatic rings. The first-order chi connectivity index (χ1) is 7.72. The summed E-state index contributed by atoms with van der Waals surface area (Å²) in [5.74, 6) is -0.886. The summed E-state index contributed by atoms with van der Waals surface area (Å²) in [7, 11) is 0. The fourth-order valence-electron chi connectivity index (χ4n) is 1.71. The number of allylic oxidation sites excluding steroid dienone is 2. The van der Waals surface area contributed by atoms with Crippen molar-refractivity contribution in [1.82, 2.24) is 4.57 Å². The molecule has 0 atom stereocenters. The summed E-state index contributed by atoms with van der Waals surface area (Å²) >= 11 is 0. The van der Waals surface area contributed by atoms with Crippen molar-refractivity contribution in [3.05, 3.63) is 48.2 Å². The van der Waals surface area contributed by atoms with E-state index < -0.39 is 5.97 Å². The van der Waals surface area contributed by atoms with Crippen LogP contribution in [-0.2, 0) is 6.54 Å². The fourth-order valence-corrected chi connectivity index (χ4v) is 1.71. The molecule has 16 heavy (non-hydrogen) atoms. The average molecular weight is 215 g/mol. The summed E-state index contributed by atoms with van der Waals surface area (Å²) in [6.45, 7) is 2.79. The van der Waals surface area contributed by atoms with Crippen molar-refractivity contribution in [3.8, 4) is 0 Å². The molecule has 2 aromatic rings. The molecule has 0 unspecified atom stereocenters. The lowest BCUT2D eigenvalue weighted by Gasteiger charge is -2.01. The number of rotatable bonds is 3. The molecular formula is C13H13NO2. The maximum Gasteiger partial charge on any atom is 0.335 e. The Kier molecular flexibility index (Phi) is 2.77. The summed E-state index contributed by atoms with van der Waals surface area (Å²) in [6, 6.07) is 7.12. The third kappa shape index (κ3) is 1.84. The molecular weight excluding hydrogens is 202 g/mol. The van der Waals surface area contributed by atoms with E-state index in [1.54, 1.807) is 12.1 Å². The van der Waals surface area contributed by atoms with Crippen LogP contribution in [-0.4, -0.2) is 15.6 Å². The number of hydrogen-bond acceptors (Lipinski definition) is 1. The molecule has 82 valence electrons. The van der Waals surface area contributed by atoms with Gasteiger partial charge >= 0.3 is 5.97 Å². The Morgan fingerprint density at radius 1 is 1.44 bits per heavy atom. The molecule has 0 fully saturated rings. The van der Waals surface area contributed by atoms with Gasteiger partial charge in [-0.25, -0.2) is 4.79 Å². The van der Waals surface area contributed by atoms with Crippen molar-refractivity contribution in [1.29, 1.82) is 0 Å². The van der Waals surface area contributed by atoms with Crippen LogP contribution in [0.1, 0.15) is 17.3 Å². The second-order valence-electron chi connectivity index (χ2n) is 3.62. The molecule has 3 nitrogen and oxygen atoms in total. The van der Waals surface area contributed by atoms with Crippen LogP contribution in [0, 0.1) is 0 Å². The minimum atomic E-state index is -0.886. The average Bonchev–Trinajstić information content (AvgIpc) is 2.68. The summed E-state index contributed by atoms with van der Waals surface area (Å²) < 4.78 is 2.08. The highest BCUT2D eigenvalue weighted by Gasteiger charge is 2.05. The summed E-state index contributed by atoms with van der Waals surface area (Å²) in [4.78, 5) is 10.8. The number of carboxylic acid groups (broad SMARTS) is 1. The Morgan fingerprint density at radius 2 is 2.25 bits per heavy atom. The quantitative estimate of drug-likeness (QED) is 0.800. The maximum absolute atomic E-state index is 10.8. The van der Waals surface area contributed by atoms with Crippen molar-refractivity contribution in [2.45, 2.75) is 13.5 Å². The SMILES string of the molecule is CC=CCn1ccc2cc(C(=O)O)ccc21. The summed E-state index contributed by atoms with van der Waals surface area (Å²) in [5, 5.41) is 9.84. The Labute approximate surface area is 93.6 Å². The van der Waals surface area contributed by atoms with Crippen molar-refractivity contribution in [2.24, 2.45) is 0 Å². The molecule has 1 N–H and O–H groups in total. The highest BCUT2D eigenvalue weighted by molar-refractivity contribution is 5.93. The van der Waals surface area contributed by atoms with Gasteiger partial charge in [0.1, 0.15) is 0 Å². The van der Waals surface area contributed by atoms with Gasteiger partial charge < -0.3 is 9.67 Å². The van der Waals surface area contributed by atoms with Gasteiger partial charge in [0.25, 0.3) is 0 Å². The van der Waals surface area contributed by atoms with Gasteiger partial charge in [-0.05, 0) is 31.2 Å². The predicted octanol–water partition coefficient (Wildman–Crippen LogP) is 2.92. The zero-order valence-corrected chi connectivity index (χ0v) is 9.05. The normalized spacial score (nSPS) is 11.3. The smallest absolute Gasteiger partial charge is 0.335 e. The van der Waals surface area contributed by atoms with Crippen LogP contribution in [0.25, 0.3) is 10.9 Å². The standard InChI is InChI=1S/C13H13NO2/c1-2-3-7-14-8-6-10-9-11(13(15)16)4-5-12(10)14/h2-6,8-9H,7H2,1H3,(H,15,16). The Bertz CT molecular complexity index is 552. The van der Waals surface area contributed by atoms with Crippen molar-refractivity contribution in [2.75, 3.05) is 0 Å². The number of carbonyl (C=O) groups is 1. The van der Waals surface area contributed by atoms with E-state index in [-0.39, 0.29) is 0 Å². The first-order valence-electron chi connectivity index (χ1n) is 5.15. The number of hydrogen-bond donors (Lipinski definition) is 1. The van der Waals surface area contributed by atoms with Crippen molar-refractivity contribution < 1.29 is 9.90 Å². The zero-order chi connectivity index (χ0) is 11.5. The lowest BCUT2D eigenvalue weighted by atomic mass is 10.1. The van der Waals surface area contributed by atoms with Crippen molar-refractivity contribution >= 4 is 16.9 Å². The molecule has 0 saturated heterocycles. The molecule has 0 amide bonds. The van der Waals surface area contributed by atoms with E-state index in [4.69, 9.17) is 5.11 Å². The Morgan fingerprint density at radius 3 is 2.94 bits per heavy atom. The minimum absolute atomic E-state index is 0.330. The van der Waals surface area contributed by atoms with E-state index >= 15 is 0 Å². The molecule has 0 spiro atoms. The number of aromatic carboxylic acids is 1. The van der Waals surface area contributed by atoms with Crippen LogP contribution in [0.15, 0.2) is 42.6 Å². The second kappa shape index (κ2) is 4.23. The second-order valence-corrected chi connectivity index (χ2v) is 3.62. The molecule has 0 aliphatic carbocycles. The van der Waals surface area contributed by atoms with Gasteiger partial charge in [-0.2, -0.15) is 0 Å². The minimum Gasteiger partial charge on any atom is -0.478 e. The third-order valence-electron chi connectivity index (χ3n) is 2.56. The van der Waals surface area contributed by atoms with Crippen LogP contribution in [0.5, 0.6) is 0 Å². The number of fused-ring (bicyclic) bond motifs is 1. The van der Waals surface area contributed by atoms with Crippen LogP contribution in [0.2, 0.25) is 0 Å². The van der Waals surface area contributed by atoms with Gasteiger partial charge in [0, 0.05) is 23.6 Å². The first-order valence-corrected chi connectivity index (χ1v) is 5.15. The molecule has 0 bridgehead atoms. The molecule has 0 saturated carbocycles. The van der Waals surface area contributed by atoms with Gasteiger partial charge in [0.15, 0.2) is 0 Å². The number of benzene rings is 1. The van der Waals surface area contributed by atoms with Crippen LogP contribution in [0.3, 0.4) is 0 Å². The molecule has 0 aliphatic heterocycles. The molecule has 1 aromatic carbocycles. The van der Waals surface area contributed by atoms with Crippen molar-refractivity contribution in [3.63, 3.8) is 0 Å². The van der Waals surface area contributed by atoms with Gasteiger partial charge in [-0.3, -0.25) is 0 Å². The third-order valence-corrected chi connectivity index (χ3v) is 2.56.